The second-order valence-electron chi connectivity index (χ2n) is 9.15. The summed E-state index contributed by atoms with van der Waals surface area (Å²) >= 11 is 0. The number of benzene rings is 1. The predicted octanol–water partition coefficient (Wildman–Crippen LogP) is 2.98. The lowest BCUT2D eigenvalue weighted by molar-refractivity contribution is 0.232. The SMILES string of the molecule is CN(C)c1ccc2c(c1)CN(c1ccncc1S(=O)(=O)NC1CC(n3cccn3)C1)CCC2. The number of nitrogens with zero attached hydrogens (tertiary/aromatic N) is 5. The molecule has 0 unspecified atom stereocenters. The largest absolute Gasteiger partial charge is 0.378 e. The van der Waals surface area contributed by atoms with Crippen LogP contribution in [0.5, 0.6) is 0 Å². The molecule has 0 atom stereocenters. The van der Waals surface area contributed by atoms with Crippen LogP contribution in [0.15, 0.2) is 60.0 Å². The number of aromatic nitrogens is 3. The second kappa shape index (κ2) is 8.79. The number of fused-ring (bicyclic) bond motifs is 1. The van der Waals surface area contributed by atoms with E-state index in [1.165, 1.54) is 17.3 Å². The fourth-order valence-corrected chi connectivity index (χ4v) is 6.18. The number of aryl methyl sites for hydroxylation is 1. The Morgan fingerprint density at radius 1 is 1.12 bits per heavy atom. The Bertz CT molecular complexity index is 1220. The van der Waals surface area contributed by atoms with Gasteiger partial charge in [-0.25, -0.2) is 13.1 Å². The van der Waals surface area contributed by atoms with Crippen LogP contribution in [0.25, 0.3) is 0 Å². The van der Waals surface area contributed by atoms with E-state index in [2.05, 4.69) is 42.8 Å². The fraction of sp³-hybridized carbons (Fsp3) is 0.417. The maximum absolute atomic E-state index is 13.4. The summed E-state index contributed by atoms with van der Waals surface area (Å²) in [6.07, 6.45) is 10.3. The van der Waals surface area contributed by atoms with E-state index in [-0.39, 0.29) is 17.0 Å². The van der Waals surface area contributed by atoms with Crippen molar-refractivity contribution < 1.29 is 8.42 Å². The van der Waals surface area contributed by atoms with Crippen LogP contribution in [0.3, 0.4) is 0 Å². The second-order valence-corrected chi connectivity index (χ2v) is 10.8. The summed E-state index contributed by atoms with van der Waals surface area (Å²) in [4.78, 5) is 8.67. The molecular weight excluding hydrogens is 436 g/mol. The van der Waals surface area contributed by atoms with Gasteiger partial charge in [0.05, 0.1) is 11.7 Å². The van der Waals surface area contributed by atoms with Crippen LogP contribution in [0.2, 0.25) is 0 Å². The minimum absolute atomic E-state index is 0.0928. The average molecular weight is 467 g/mol. The number of pyridine rings is 1. The zero-order valence-electron chi connectivity index (χ0n) is 19.1. The highest BCUT2D eigenvalue weighted by atomic mass is 32.2. The molecule has 0 saturated heterocycles. The van der Waals surface area contributed by atoms with E-state index in [1.807, 2.05) is 37.1 Å². The highest BCUT2D eigenvalue weighted by molar-refractivity contribution is 7.89. The molecule has 3 heterocycles. The maximum Gasteiger partial charge on any atom is 0.244 e. The minimum Gasteiger partial charge on any atom is -0.378 e. The molecule has 1 N–H and O–H groups in total. The number of sulfonamides is 1. The number of hydrogen-bond donors (Lipinski definition) is 1. The predicted molar refractivity (Wildman–Crippen MR) is 129 cm³/mol. The Labute approximate surface area is 195 Å². The zero-order chi connectivity index (χ0) is 23.0. The van der Waals surface area contributed by atoms with Crippen molar-refractivity contribution >= 4 is 21.4 Å². The molecular formula is C24H30N6O2S. The van der Waals surface area contributed by atoms with E-state index in [1.54, 1.807) is 12.4 Å². The molecule has 2 aliphatic rings. The van der Waals surface area contributed by atoms with Crippen molar-refractivity contribution in [2.45, 2.75) is 49.2 Å². The van der Waals surface area contributed by atoms with Gasteiger partial charge in [-0.15, -0.1) is 0 Å². The van der Waals surface area contributed by atoms with E-state index in [4.69, 9.17) is 0 Å². The van der Waals surface area contributed by atoms with Crippen molar-refractivity contribution in [3.8, 4) is 0 Å². The first-order chi connectivity index (χ1) is 15.9. The summed E-state index contributed by atoms with van der Waals surface area (Å²) in [6.45, 7) is 1.47. The van der Waals surface area contributed by atoms with Crippen molar-refractivity contribution in [1.29, 1.82) is 0 Å². The summed E-state index contributed by atoms with van der Waals surface area (Å²) in [5.74, 6) is 0. The van der Waals surface area contributed by atoms with E-state index < -0.39 is 10.0 Å². The molecule has 5 rings (SSSR count). The van der Waals surface area contributed by atoms with Gasteiger partial charge in [-0.1, -0.05) is 6.07 Å². The molecule has 1 aliphatic carbocycles. The molecule has 1 saturated carbocycles. The molecule has 174 valence electrons. The first kappa shape index (κ1) is 21.9. The van der Waals surface area contributed by atoms with E-state index in [0.717, 1.165) is 37.9 Å². The Morgan fingerprint density at radius 3 is 2.73 bits per heavy atom. The molecule has 9 heteroatoms. The van der Waals surface area contributed by atoms with E-state index in [0.29, 0.717) is 12.2 Å². The summed E-state index contributed by atoms with van der Waals surface area (Å²) in [6, 6.07) is 10.4. The quantitative estimate of drug-likeness (QED) is 0.601. The monoisotopic (exact) mass is 466 g/mol. The van der Waals surface area contributed by atoms with Crippen LogP contribution >= 0.6 is 0 Å². The molecule has 0 amide bonds. The van der Waals surface area contributed by atoms with Crippen LogP contribution in [0.4, 0.5) is 11.4 Å². The van der Waals surface area contributed by atoms with Gasteiger partial charge in [-0.05, 0) is 61.1 Å². The summed E-state index contributed by atoms with van der Waals surface area (Å²) in [5, 5.41) is 4.27. The van der Waals surface area contributed by atoms with Crippen LogP contribution < -0.4 is 14.5 Å². The fourth-order valence-electron chi connectivity index (χ4n) is 4.75. The van der Waals surface area contributed by atoms with Gasteiger partial charge in [0.15, 0.2) is 0 Å². The highest BCUT2D eigenvalue weighted by Gasteiger charge is 2.35. The van der Waals surface area contributed by atoms with Gasteiger partial charge in [0.1, 0.15) is 4.90 Å². The van der Waals surface area contributed by atoms with Gasteiger partial charge in [0.25, 0.3) is 0 Å². The maximum atomic E-state index is 13.4. The third-order valence-electron chi connectivity index (χ3n) is 6.67. The molecule has 3 aromatic rings. The number of hydrogen-bond acceptors (Lipinski definition) is 6. The Morgan fingerprint density at radius 2 is 1.97 bits per heavy atom. The Balaban J connectivity index is 1.37. The minimum atomic E-state index is -3.70. The number of nitrogens with one attached hydrogen (secondary N) is 1. The van der Waals surface area contributed by atoms with Crippen LogP contribution in [0.1, 0.15) is 36.4 Å². The molecule has 2 aromatic heterocycles. The summed E-state index contributed by atoms with van der Waals surface area (Å²) in [5.41, 5.74) is 4.44. The molecule has 8 nitrogen and oxygen atoms in total. The van der Waals surface area contributed by atoms with Crippen molar-refractivity contribution in [2.24, 2.45) is 0 Å². The molecule has 0 radical (unpaired) electrons. The van der Waals surface area contributed by atoms with Crippen LogP contribution in [0, 0.1) is 0 Å². The van der Waals surface area contributed by atoms with Crippen LogP contribution in [-0.4, -0.2) is 49.9 Å². The van der Waals surface area contributed by atoms with Gasteiger partial charge < -0.3 is 9.80 Å². The summed E-state index contributed by atoms with van der Waals surface area (Å²) < 4.78 is 31.5. The van der Waals surface area contributed by atoms with Crippen molar-refractivity contribution in [3.63, 3.8) is 0 Å². The standard InChI is InChI=1S/C24H30N6O2S/c1-28(2)21-7-6-18-5-3-11-29(17-19(18)13-21)23-8-10-25-16-24(23)33(31,32)27-20-14-22(15-20)30-12-4-9-26-30/h4,6-10,12-13,16,20,22,27H,3,5,11,14-15,17H2,1-2H3. The molecule has 1 fully saturated rings. The third kappa shape index (κ3) is 4.47. The Hall–Kier alpha value is -2.91. The molecule has 33 heavy (non-hydrogen) atoms. The van der Waals surface area contributed by atoms with Crippen LogP contribution in [-0.2, 0) is 23.0 Å². The molecule has 1 aromatic carbocycles. The number of rotatable bonds is 6. The van der Waals surface area contributed by atoms with Crippen molar-refractivity contribution in [1.82, 2.24) is 19.5 Å². The first-order valence-electron chi connectivity index (χ1n) is 11.4. The van der Waals surface area contributed by atoms with Crippen molar-refractivity contribution in [3.05, 3.63) is 66.2 Å². The molecule has 0 spiro atoms. The normalized spacial score (nSPS) is 20.6. The molecule has 0 bridgehead atoms. The lowest BCUT2D eigenvalue weighted by Crippen LogP contribution is -2.45. The lowest BCUT2D eigenvalue weighted by Gasteiger charge is -2.36. The van der Waals surface area contributed by atoms with Gasteiger partial charge in [0, 0.05) is 63.7 Å². The third-order valence-corrected chi connectivity index (χ3v) is 8.21. The zero-order valence-corrected chi connectivity index (χ0v) is 19.9. The Kier molecular flexibility index (Phi) is 5.84. The van der Waals surface area contributed by atoms with Gasteiger partial charge >= 0.3 is 0 Å². The molecule has 1 aliphatic heterocycles. The number of anilines is 2. The smallest absolute Gasteiger partial charge is 0.244 e. The van der Waals surface area contributed by atoms with Gasteiger partial charge in [0.2, 0.25) is 10.0 Å². The van der Waals surface area contributed by atoms with Gasteiger partial charge in [-0.2, -0.15) is 5.10 Å². The van der Waals surface area contributed by atoms with E-state index in [9.17, 15) is 8.42 Å². The van der Waals surface area contributed by atoms with Gasteiger partial charge in [-0.3, -0.25) is 9.67 Å². The average Bonchev–Trinajstić information content (AvgIpc) is 3.21. The topological polar surface area (TPSA) is 83.4 Å². The van der Waals surface area contributed by atoms with E-state index >= 15 is 0 Å². The lowest BCUT2D eigenvalue weighted by atomic mass is 9.88. The highest BCUT2D eigenvalue weighted by Crippen LogP contribution is 2.34. The summed E-state index contributed by atoms with van der Waals surface area (Å²) in [7, 11) is 0.373. The first-order valence-corrected chi connectivity index (χ1v) is 12.9. The van der Waals surface area contributed by atoms with Crippen molar-refractivity contribution in [2.75, 3.05) is 30.4 Å².